The van der Waals surface area contributed by atoms with Gasteiger partial charge in [0.15, 0.2) is 0 Å². The van der Waals surface area contributed by atoms with Crippen LogP contribution in [0, 0.1) is 0 Å². The maximum atomic E-state index is 2.52. The van der Waals surface area contributed by atoms with Crippen molar-refractivity contribution in [3.05, 3.63) is 0 Å². The van der Waals surface area contributed by atoms with Crippen LogP contribution in [-0.4, -0.2) is 14.1 Å². The van der Waals surface area contributed by atoms with Crippen LogP contribution < -0.4 is 0 Å². The van der Waals surface area contributed by atoms with Gasteiger partial charge >= 0.3 is 0 Å². The van der Waals surface area contributed by atoms with Crippen LogP contribution in [0.2, 0.25) is 15.3 Å². The Bertz CT molecular complexity index is 104. The molecule has 1 atom stereocenters. The van der Waals surface area contributed by atoms with Gasteiger partial charge in [0.25, 0.3) is 14.1 Å². The van der Waals surface area contributed by atoms with E-state index >= 15 is 0 Å². The zero-order chi connectivity index (χ0) is 10.8. The minimum atomic E-state index is -0.381. The summed E-state index contributed by atoms with van der Waals surface area (Å²) in [5.74, 6) is 0. The minimum Gasteiger partial charge on any atom is -0.0937 e. The van der Waals surface area contributed by atoms with E-state index in [2.05, 4.69) is 27.7 Å². The molecule has 0 rings (SSSR count). The SMILES string of the molecule is CCC[CH2][Al]([CH2]CCC)[CH](C)CCC. The van der Waals surface area contributed by atoms with Crippen molar-refractivity contribution in [1.29, 1.82) is 0 Å². The van der Waals surface area contributed by atoms with Crippen molar-refractivity contribution in [3.63, 3.8) is 0 Å². The van der Waals surface area contributed by atoms with E-state index in [4.69, 9.17) is 0 Å². The predicted molar refractivity (Wildman–Crippen MR) is 69.5 cm³/mol. The van der Waals surface area contributed by atoms with E-state index in [-0.39, 0.29) is 14.1 Å². The molecule has 14 heavy (non-hydrogen) atoms. The van der Waals surface area contributed by atoms with Crippen molar-refractivity contribution in [1.82, 2.24) is 0 Å². The van der Waals surface area contributed by atoms with Crippen molar-refractivity contribution in [2.24, 2.45) is 0 Å². The Morgan fingerprint density at radius 2 is 1.36 bits per heavy atom. The first-order valence-electron chi connectivity index (χ1n) is 6.76. The molecule has 0 radical (unpaired) electrons. The van der Waals surface area contributed by atoms with Crippen LogP contribution in [0.1, 0.15) is 66.2 Å². The zero-order valence-corrected chi connectivity index (χ0v) is 12.0. The van der Waals surface area contributed by atoms with Crippen molar-refractivity contribution < 1.29 is 0 Å². The molecule has 1 heteroatoms. The largest absolute Gasteiger partial charge is 0.265 e. The Balaban J connectivity index is 3.81. The highest BCUT2D eigenvalue weighted by Crippen LogP contribution is 2.25. The fourth-order valence-corrected chi connectivity index (χ4v) is 6.43. The average molecular weight is 212 g/mol. The highest BCUT2D eigenvalue weighted by atomic mass is 27.2. The predicted octanol–water partition coefficient (Wildman–Crippen LogP) is 5.27. The normalized spacial score (nSPS) is 12.9. The monoisotopic (exact) mass is 212 g/mol. The van der Waals surface area contributed by atoms with Crippen LogP contribution in [-0.2, 0) is 0 Å². The molecule has 0 aromatic heterocycles. The van der Waals surface area contributed by atoms with Gasteiger partial charge in [0.1, 0.15) is 0 Å². The summed E-state index contributed by atoms with van der Waals surface area (Å²) in [7, 11) is 0. The van der Waals surface area contributed by atoms with E-state index in [1.807, 2.05) is 0 Å². The molecule has 0 bridgehead atoms. The molecule has 0 aromatic carbocycles. The van der Waals surface area contributed by atoms with E-state index in [0.29, 0.717) is 0 Å². The number of hydrogen-bond acceptors (Lipinski definition) is 0. The van der Waals surface area contributed by atoms with Crippen LogP contribution in [0.25, 0.3) is 0 Å². The van der Waals surface area contributed by atoms with E-state index in [1.165, 1.54) is 38.5 Å². The van der Waals surface area contributed by atoms with Crippen molar-refractivity contribution in [3.8, 4) is 0 Å². The number of unbranched alkanes of at least 4 members (excludes halogenated alkanes) is 2. The highest BCUT2D eigenvalue weighted by Gasteiger charge is 2.22. The second-order valence-electron chi connectivity index (χ2n) is 4.81. The van der Waals surface area contributed by atoms with Crippen LogP contribution in [0.3, 0.4) is 0 Å². The number of hydrogen-bond donors (Lipinski definition) is 0. The van der Waals surface area contributed by atoms with E-state index < -0.39 is 0 Å². The Kier molecular flexibility index (Phi) is 10.4. The third kappa shape index (κ3) is 6.91. The fraction of sp³-hybridized carbons (Fsp3) is 1.00. The van der Waals surface area contributed by atoms with E-state index in [0.717, 1.165) is 4.78 Å². The van der Waals surface area contributed by atoms with Gasteiger partial charge < -0.3 is 0 Å². The molecule has 0 aliphatic carbocycles. The van der Waals surface area contributed by atoms with Gasteiger partial charge in [-0.25, -0.2) is 0 Å². The maximum absolute atomic E-state index is 2.52. The van der Waals surface area contributed by atoms with Crippen molar-refractivity contribution in [2.75, 3.05) is 0 Å². The maximum Gasteiger partial charge on any atom is 0.265 e. The Morgan fingerprint density at radius 1 is 0.857 bits per heavy atom. The lowest BCUT2D eigenvalue weighted by Crippen LogP contribution is -2.18. The van der Waals surface area contributed by atoms with Gasteiger partial charge in [-0.1, -0.05) is 81.6 Å². The second-order valence-corrected chi connectivity index (χ2v) is 8.62. The lowest BCUT2D eigenvalue weighted by molar-refractivity contribution is 0.728. The third-order valence-electron chi connectivity index (χ3n) is 3.41. The Morgan fingerprint density at radius 3 is 1.71 bits per heavy atom. The van der Waals surface area contributed by atoms with Crippen molar-refractivity contribution >= 4 is 14.1 Å². The van der Waals surface area contributed by atoms with Gasteiger partial charge in [-0.15, -0.1) is 0 Å². The molecule has 0 saturated heterocycles. The molecule has 0 spiro atoms. The fourth-order valence-electron chi connectivity index (χ4n) is 2.34. The molecule has 0 saturated carbocycles. The first-order chi connectivity index (χ1) is 6.76. The Labute approximate surface area is 95.9 Å². The summed E-state index contributed by atoms with van der Waals surface area (Å²) in [5, 5.41) is 3.22. The van der Waals surface area contributed by atoms with Crippen LogP contribution in [0.5, 0.6) is 0 Å². The van der Waals surface area contributed by atoms with Gasteiger partial charge in [0.05, 0.1) is 0 Å². The third-order valence-corrected chi connectivity index (χ3v) is 7.65. The van der Waals surface area contributed by atoms with Gasteiger partial charge in [0, 0.05) is 0 Å². The van der Waals surface area contributed by atoms with Crippen LogP contribution in [0.4, 0.5) is 0 Å². The van der Waals surface area contributed by atoms with E-state index in [1.54, 1.807) is 10.6 Å². The lowest BCUT2D eigenvalue weighted by atomic mass is 10.3. The van der Waals surface area contributed by atoms with Crippen LogP contribution in [0.15, 0.2) is 0 Å². The first-order valence-corrected chi connectivity index (χ1v) is 9.06. The molecule has 0 N–H and O–H groups in total. The highest BCUT2D eigenvalue weighted by molar-refractivity contribution is 6.60. The van der Waals surface area contributed by atoms with Gasteiger partial charge in [-0.3, -0.25) is 0 Å². The molecular formula is C13H29Al. The Hall–Kier alpha value is 0.532. The molecule has 0 heterocycles. The number of rotatable bonds is 9. The molecule has 0 nitrogen and oxygen atoms in total. The van der Waals surface area contributed by atoms with Gasteiger partial charge in [-0.05, 0) is 0 Å². The standard InChI is InChI=1S/C5H11.2C4H9.Al/c1-3-5-4-2;2*1-3-4-2;/h3H,4-5H2,1-2H3;2*1,3-4H2,2H3;. The molecule has 0 amide bonds. The van der Waals surface area contributed by atoms with Crippen molar-refractivity contribution in [2.45, 2.75) is 81.6 Å². The molecule has 0 aliphatic rings. The summed E-state index contributed by atoms with van der Waals surface area (Å²) in [5.41, 5.74) is 0. The van der Waals surface area contributed by atoms with Gasteiger partial charge in [-0.2, -0.15) is 0 Å². The second kappa shape index (κ2) is 10.1. The summed E-state index contributed by atoms with van der Waals surface area (Å²) in [6.07, 6.45) is 8.67. The minimum absolute atomic E-state index is 0.381. The summed E-state index contributed by atoms with van der Waals surface area (Å²) < 4.78 is 1.10. The average Bonchev–Trinajstić information content (AvgIpc) is 2.18. The lowest BCUT2D eigenvalue weighted by Gasteiger charge is -2.18. The molecule has 1 unspecified atom stereocenters. The summed E-state index contributed by atoms with van der Waals surface area (Å²) in [4.78, 5) is 0. The first kappa shape index (κ1) is 14.5. The summed E-state index contributed by atoms with van der Waals surface area (Å²) in [6, 6.07) is 0. The molecule has 0 aliphatic heterocycles. The topological polar surface area (TPSA) is 0 Å². The van der Waals surface area contributed by atoms with E-state index in [9.17, 15) is 0 Å². The quantitative estimate of drug-likeness (QED) is 0.457. The molecular weight excluding hydrogens is 183 g/mol. The smallest absolute Gasteiger partial charge is 0.0937 e. The molecule has 0 fully saturated rings. The summed E-state index contributed by atoms with van der Waals surface area (Å²) in [6.45, 7) is 9.51. The molecule has 0 aromatic rings. The van der Waals surface area contributed by atoms with Crippen LogP contribution >= 0.6 is 0 Å². The van der Waals surface area contributed by atoms with Gasteiger partial charge in [0.2, 0.25) is 0 Å². The summed E-state index contributed by atoms with van der Waals surface area (Å²) >= 11 is -0.381. The zero-order valence-electron chi connectivity index (χ0n) is 10.8. The molecule has 84 valence electrons.